The van der Waals surface area contributed by atoms with Gasteiger partial charge in [0.05, 0.1) is 42.6 Å². The maximum Gasteiger partial charge on any atom is 0.414 e. The van der Waals surface area contributed by atoms with Gasteiger partial charge in [-0.1, -0.05) is 0 Å². The molecule has 0 radical (unpaired) electrons. The maximum absolute atomic E-state index is 14.7. The van der Waals surface area contributed by atoms with E-state index in [2.05, 4.69) is 10.6 Å². The SMILES string of the molecule is O=C1O[C@@H](CNC(=S)Nc2ccc([N+](=O)[O-])cc2)CN1c1ccc(N2CCOCC2)c(F)c1. The van der Waals surface area contributed by atoms with Crippen LogP contribution < -0.4 is 20.4 Å². The van der Waals surface area contributed by atoms with Crippen molar-refractivity contribution in [2.45, 2.75) is 6.10 Å². The number of halogens is 1. The van der Waals surface area contributed by atoms with Crippen LogP contribution in [0.15, 0.2) is 42.5 Å². The summed E-state index contributed by atoms with van der Waals surface area (Å²) in [6, 6.07) is 10.5. The number of nitrogens with one attached hydrogen (secondary N) is 2. The molecule has 10 nitrogen and oxygen atoms in total. The Morgan fingerprint density at radius 1 is 1.21 bits per heavy atom. The van der Waals surface area contributed by atoms with E-state index in [4.69, 9.17) is 21.7 Å². The number of amides is 1. The molecular formula is C21H22FN5O5S. The number of thiocarbonyl (C=S) groups is 1. The Morgan fingerprint density at radius 2 is 1.94 bits per heavy atom. The van der Waals surface area contributed by atoms with Crippen molar-refractivity contribution in [2.75, 3.05) is 54.5 Å². The molecule has 2 heterocycles. The zero-order chi connectivity index (χ0) is 23.4. The monoisotopic (exact) mass is 475 g/mol. The maximum atomic E-state index is 14.7. The van der Waals surface area contributed by atoms with Gasteiger partial charge in [-0.2, -0.15) is 0 Å². The van der Waals surface area contributed by atoms with Gasteiger partial charge in [0.2, 0.25) is 0 Å². The Balaban J connectivity index is 1.30. The van der Waals surface area contributed by atoms with Crippen LogP contribution in [0.4, 0.5) is 31.9 Å². The first-order valence-electron chi connectivity index (χ1n) is 10.3. The third-order valence-corrected chi connectivity index (χ3v) is 5.54. The first-order valence-corrected chi connectivity index (χ1v) is 10.7. The van der Waals surface area contributed by atoms with Gasteiger partial charge in [0, 0.05) is 30.9 Å². The first kappa shape index (κ1) is 22.7. The zero-order valence-electron chi connectivity index (χ0n) is 17.5. The van der Waals surface area contributed by atoms with Gasteiger partial charge in [0.15, 0.2) is 5.11 Å². The van der Waals surface area contributed by atoms with Crippen LogP contribution in [0.25, 0.3) is 0 Å². The lowest BCUT2D eigenvalue weighted by Crippen LogP contribution is -2.37. The predicted molar refractivity (Wildman–Crippen MR) is 124 cm³/mol. The number of morpholine rings is 1. The van der Waals surface area contributed by atoms with Crippen LogP contribution in [0.5, 0.6) is 0 Å². The molecule has 0 saturated carbocycles. The van der Waals surface area contributed by atoms with Gasteiger partial charge in [-0.05, 0) is 42.5 Å². The Labute approximate surface area is 194 Å². The van der Waals surface area contributed by atoms with Crippen molar-refractivity contribution in [3.05, 3.63) is 58.4 Å². The second-order valence-electron chi connectivity index (χ2n) is 7.49. The minimum absolute atomic E-state index is 0.0215. The van der Waals surface area contributed by atoms with Crippen molar-refractivity contribution in [2.24, 2.45) is 0 Å². The molecule has 1 amide bonds. The van der Waals surface area contributed by atoms with Crippen LogP contribution >= 0.6 is 12.2 Å². The Hall–Kier alpha value is -3.51. The van der Waals surface area contributed by atoms with Crippen molar-refractivity contribution >= 4 is 46.2 Å². The van der Waals surface area contributed by atoms with Crippen LogP contribution in [-0.2, 0) is 9.47 Å². The van der Waals surface area contributed by atoms with E-state index in [1.165, 1.54) is 23.1 Å². The Kier molecular flexibility index (Phi) is 6.84. The highest BCUT2D eigenvalue weighted by atomic mass is 32.1. The standard InChI is InChI=1S/C21H22FN5O5S/c22-18-11-16(5-6-19(18)25-7-9-31-10-8-25)26-13-17(32-21(26)28)12-23-20(33)24-14-1-3-15(4-2-14)27(29)30/h1-6,11,17H,7-10,12-13H2,(H2,23,24,33)/t17-/m0/s1. The second kappa shape index (κ2) is 9.96. The van der Waals surface area contributed by atoms with E-state index in [1.54, 1.807) is 24.3 Å². The van der Waals surface area contributed by atoms with Gasteiger partial charge in [0.1, 0.15) is 11.9 Å². The number of ether oxygens (including phenoxy) is 2. The van der Waals surface area contributed by atoms with E-state index in [9.17, 15) is 19.3 Å². The normalized spacial score (nSPS) is 18.1. The Morgan fingerprint density at radius 3 is 2.61 bits per heavy atom. The van der Waals surface area contributed by atoms with Crippen LogP contribution in [0.3, 0.4) is 0 Å². The number of anilines is 3. The quantitative estimate of drug-likeness (QED) is 0.370. The second-order valence-corrected chi connectivity index (χ2v) is 7.90. The summed E-state index contributed by atoms with van der Waals surface area (Å²) in [4.78, 5) is 25.9. The molecule has 2 saturated heterocycles. The summed E-state index contributed by atoms with van der Waals surface area (Å²) in [6.45, 7) is 2.81. The lowest BCUT2D eigenvalue weighted by atomic mass is 10.2. The molecular weight excluding hydrogens is 453 g/mol. The van der Waals surface area contributed by atoms with Crippen LogP contribution in [0, 0.1) is 15.9 Å². The number of nitro groups is 1. The smallest absolute Gasteiger partial charge is 0.414 e. The van der Waals surface area contributed by atoms with E-state index in [0.717, 1.165) is 0 Å². The highest BCUT2D eigenvalue weighted by molar-refractivity contribution is 7.80. The van der Waals surface area contributed by atoms with E-state index >= 15 is 0 Å². The molecule has 2 fully saturated rings. The van der Waals surface area contributed by atoms with Gasteiger partial charge in [-0.15, -0.1) is 0 Å². The van der Waals surface area contributed by atoms with Crippen molar-refractivity contribution in [1.29, 1.82) is 0 Å². The van der Waals surface area contributed by atoms with Gasteiger partial charge < -0.3 is 25.0 Å². The summed E-state index contributed by atoms with van der Waals surface area (Å²) >= 11 is 5.23. The van der Waals surface area contributed by atoms with E-state index in [1.807, 2.05) is 4.90 Å². The van der Waals surface area contributed by atoms with Crippen LogP contribution in [-0.4, -0.2) is 61.6 Å². The molecule has 2 aliphatic rings. The number of hydrogen-bond acceptors (Lipinski definition) is 7. The molecule has 4 rings (SSSR count). The van der Waals surface area contributed by atoms with Crippen molar-refractivity contribution in [3.63, 3.8) is 0 Å². The highest BCUT2D eigenvalue weighted by Gasteiger charge is 2.33. The van der Waals surface area contributed by atoms with Gasteiger partial charge in [-0.3, -0.25) is 15.0 Å². The summed E-state index contributed by atoms with van der Waals surface area (Å²) in [5, 5.41) is 16.9. The minimum atomic E-state index is -0.561. The van der Waals surface area contributed by atoms with Crippen molar-refractivity contribution in [1.82, 2.24) is 5.32 Å². The third-order valence-electron chi connectivity index (χ3n) is 5.30. The summed E-state index contributed by atoms with van der Waals surface area (Å²) < 4.78 is 25.4. The lowest BCUT2D eigenvalue weighted by Gasteiger charge is -2.29. The zero-order valence-corrected chi connectivity index (χ0v) is 18.3. The molecule has 174 valence electrons. The first-order chi connectivity index (χ1) is 15.9. The fraction of sp³-hybridized carbons (Fsp3) is 0.333. The molecule has 12 heteroatoms. The third kappa shape index (κ3) is 5.46. The predicted octanol–water partition coefficient (Wildman–Crippen LogP) is 2.88. The molecule has 2 N–H and O–H groups in total. The summed E-state index contributed by atoms with van der Waals surface area (Å²) in [7, 11) is 0. The molecule has 0 unspecified atom stereocenters. The molecule has 0 aliphatic carbocycles. The number of nitro benzene ring substituents is 1. The van der Waals surface area contributed by atoms with E-state index in [0.29, 0.717) is 43.4 Å². The average Bonchev–Trinajstić information content (AvgIpc) is 3.19. The number of nitrogens with zero attached hydrogens (tertiary/aromatic N) is 3. The molecule has 0 spiro atoms. The van der Waals surface area contributed by atoms with Gasteiger partial charge >= 0.3 is 6.09 Å². The highest BCUT2D eigenvalue weighted by Crippen LogP contribution is 2.28. The minimum Gasteiger partial charge on any atom is -0.442 e. The van der Waals surface area contributed by atoms with E-state index in [-0.39, 0.29) is 23.9 Å². The fourth-order valence-corrected chi connectivity index (χ4v) is 3.81. The molecule has 0 bridgehead atoms. The topological polar surface area (TPSA) is 109 Å². The van der Waals surface area contributed by atoms with Crippen LogP contribution in [0.2, 0.25) is 0 Å². The lowest BCUT2D eigenvalue weighted by molar-refractivity contribution is -0.384. The number of hydrogen-bond donors (Lipinski definition) is 2. The number of benzene rings is 2. The molecule has 2 aliphatic heterocycles. The largest absolute Gasteiger partial charge is 0.442 e. The fourth-order valence-electron chi connectivity index (χ4n) is 3.61. The molecule has 0 aromatic heterocycles. The molecule has 33 heavy (non-hydrogen) atoms. The summed E-state index contributed by atoms with van der Waals surface area (Å²) in [5.74, 6) is -0.405. The van der Waals surface area contributed by atoms with Crippen LogP contribution in [0.1, 0.15) is 0 Å². The molecule has 2 aromatic carbocycles. The number of cyclic esters (lactones) is 1. The molecule has 2 aromatic rings. The summed E-state index contributed by atoms with van der Waals surface area (Å²) in [5.41, 5.74) is 1.46. The number of carbonyl (C=O) groups excluding carboxylic acids is 1. The number of non-ortho nitro benzene ring substituents is 1. The average molecular weight is 476 g/mol. The Bertz CT molecular complexity index is 1050. The van der Waals surface area contributed by atoms with Crippen molar-refractivity contribution < 1.29 is 23.6 Å². The number of rotatable bonds is 6. The van der Waals surface area contributed by atoms with Gasteiger partial charge in [-0.25, -0.2) is 9.18 Å². The van der Waals surface area contributed by atoms with E-state index < -0.39 is 22.9 Å². The summed E-state index contributed by atoms with van der Waals surface area (Å²) in [6.07, 6.45) is -1.05. The molecule has 1 atom stereocenters. The van der Waals surface area contributed by atoms with Crippen molar-refractivity contribution in [3.8, 4) is 0 Å². The van der Waals surface area contributed by atoms with Gasteiger partial charge in [0.25, 0.3) is 5.69 Å². The number of carbonyl (C=O) groups is 1.